The van der Waals surface area contributed by atoms with E-state index in [4.69, 9.17) is 4.74 Å². The quantitative estimate of drug-likeness (QED) is 0.825. The minimum atomic E-state index is -0.393. The van der Waals surface area contributed by atoms with Crippen LogP contribution in [-0.2, 0) is 9.53 Å². The fourth-order valence-electron chi connectivity index (χ4n) is 2.67. The lowest BCUT2D eigenvalue weighted by molar-refractivity contribution is -0.115. The monoisotopic (exact) mass is 376 g/mol. The molecule has 0 saturated heterocycles. The highest BCUT2D eigenvalue weighted by Crippen LogP contribution is 2.25. The van der Waals surface area contributed by atoms with Crippen LogP contribution in [0.3, 0.4) is 0 Å². The number of carbonyl (C=O) groups excluding carboxylic acids is 2. The number of rotatable bonds is 4. The van der Waals surface area contributed by atoms with Gasteiger partial charge in [0.15, 0.2) is 5.78 Å². The molecule has 0 saturated carbocycles. The molecule has 0 atom stereocenters. The summed E-state index contributed by atoms with van der Waals surface area (Å²) in [5, 5.41) is 0.923. The molecule has 1 aromatic carbocycles. The van der Waals surface area contributed by atoms with Crippen molar-refractivity contribution in [2.24, 2.45) is 0 Å². The number of carbonyl (C=O) groups is 2. The van der Waals surface area contributed by atoms with E-state index in [2.05, 4.69) is 21.4 Å². The van der Waals surface area contributed by atoms with E-state index in [1.54, 1.807) is 23.7 Å². The molecular weight excluding hydrogens is 360 g/mol. The Kier molecular flexibility index (Phi) is 4.52. The lowest BCUT2D eigenvalue weighted by atomic mass is 10.0. The van der Waals surface area contributed by atoms with Crippen molar-refractivity contribution in [1.29, 1.82) is 0 Å². The number of fused-ring (bicyclic) bond motifs is 1. The Hall–Kier alpha value is -2.08. The molecule has 1 aliphatic rings. The van der Waals surface area contributed by atoms with Crippen LogP contribution >= 0.6 is 15.9 Å². The summed E-state index contributed by atoms with van der Waals surface area (Å²) in [6.45, 7) is 2.09. The predicted molar refractivity (Wildman–Crippen MR) is 91.9 cm³/mol. The van der Waals surface area contributed by atoms with E-state index in [1.807, 2.05) is 18.2 Å². The van der Waals surface area contributed by atoms with Gasteiger partial charge in [0.2, 0.25) is 0 Å². The zero-order valence-corrected chi connectivity index (χ0v) is 14.4. The first-order chi connectivity index (χ1) is 11.1. The Bertz CT molecular complexity index is 808. The van der Waals surface area contributed by atoms with E-state index in [0.717, 1.165) is 33.9 Å². The molecule has 5 nitrogen and oxygen atoms in total. The largest absolute Gasteiger partial charge is 0.461 e. The van der Waals surface area contributed by atoms with Gasteiger partial charge >= 0.3 is 5.97 Å². The molecule has 0 fully saturated rings. The van der Waals surface area contributed by atoms with Crippen molar-refractivity contribution in [1.82, 2.24) is 4.68 Å². The first kappa shape index (κ1) is 15.8. The van der Waals surface area contributed by atoms with Crippen LogP contribution in [0.2, 0.25) is 0 Å². The summed E-state index contributed by atoms with van der Waals surface area (Å²) in [6.07, 6.45) is 3.78. The average Bonchev–Trinajstić information content (AvgIpc) is 2.86. The number of allylic oxidation sites excluding steroid dienone is 2. The van der Waals surface area contributed by atoms with Gasteiger partial charge in [-0.1, -0.05) is 22.0 Å². The number of hydrogen-bond acceptors (Lipinski definition) is 4. The minimum absolute atomic E-state index is 0.106. The molecule has 2 aromatic rings. The summed E-state index contributed by atoms with van der Waals surface area (Å²) in [5.41, 5.74) is 5.28. The Balaban J connectivity index is 2.07. The molecule has 1 N–H and O–H groups in total. The smallest absolute Gasteiger partial charge is 0.356 e. The molecule has 0 aliphatic heterocycles. The van der Waals surface area contributed by atoms with Crippen molar-refractivity contribution in [2.75, 3.05) is 12.0 Å². The summed E-state index contributed by atoms with van der Waals surface area (Å²) in [5.74, 6) is -0.288. The predicted octanol–water partition coefficient (Wildman–Crippen LogP) is 3.76. The van der Waals surface area contributed by atoms with E-state index in [0.29, 0.717) is 18.7 Å². The summed E-state index contributed by atoms with van der Waals surface area (Å²) in [6, 6.07) is 7.57. The molecule has 23 heavy (non-hydrogen) atoms. The normalized spacial score (nSPS) is 14.7. The summed E-state index contributed by atoms with van der Waals surface area (Å²) in [7, 11) is 0. The van der Waals surface area contributed by atoms with Crippen molar-refractivity contribution in [2.45, 2.75) is 26.2 Å². The highest BCUT2D eigenvalue weighted by atomic mass is 79.9. The third kappa shape index (κ3) is 3.32. The zero-order valence-electron chi connectivity index (χ0n) is 12.8. The number of ether oxygens (including phenoxy) is 1. The minimum Gasteiger partial charge on any atom is -0.461 e. The second-order valence-corrected chi connectivity index (χ2v) is 6.31. The summed E-state index contributed by atoms with van der Waals surface area (Å²) < 4.78 is 7.75. The molecule has 0 amide bonds. The van der Waals surface area contributed by atoms with Crippen LogP contribution in [-0.4, -0.2) is 23.0 Å². The zero-order chi connectivity index (χ0) is 16.4. The van der Waals surface area contributed by atoms with Gasteiger partial charge in [0.05, 0.1) is 12.1 Å². The van der Waals surface area contributed by atoms with Crippen molar-refractivity contribution in [3.05, 3.63) is 46.2 Å². The van der Waals surface area contributed by atoms with E-state index in [1.165, 1.54) is 0 Å². The number of benzene rings is 1. The van der Waals surface area contributed by atoms with Crippen LogP contribution in [0.25, 0.3) is 10.9 Å². The van der Waals surface area contributed by atoms with Crippen LogP contribution in [0.15, 0.2) is 40.5 Å². The molecule has 1 aromatic heterocycles. The van der Waals surface area contributed by atoms with Crippen LogP contribution in [0.1, 0.15) is 36.7 Å². The summed E-state index contributed by atoms with van der Waals surface area (Å²) >= 11 is 3.45. The molecule has 1 aliphatic carbocycles. The molecule has 0 unspecified atom stereocenters. The molecule has 0 bridgehead atoms. The Morgan fingerprint density at radius 3 is 2.91 bits per heavy atom. The van der Waals surface area contributed by atoms with Crippen LogP contribution < -0.4 is 5.43 Å². The van der Waals surface area contributed by atoms with Gasteiger partial charge in [-0.2, -0.15) is 0 Å². The highest BCUT2D eigenvalue weighted by Gasteiger charge is 2.19. The number of nitrogens with zero attached hydrogens (tertiary/aromatic N) is 1. The molecule has 6 heteroatoms. The third-order valence-corrected chi connectivity index (χ3v) is 4.20. The topological polar surface area (TPSA) is 60.3 Å². The molecule has 0 spiro atoms. The Morgan fingerprint density at radius 2 is 2.17 bits per heavy atom. The van der Waals surface area contributed by atoms with Crippen LogP contribution in [0.5, 0.6) is 0 Å². The lowest BCUT2D eigenvalue weighted by Gasteiger charge is -2.18. The maximum absolute atomic E-state index is 12.2. The van der Waals surface area contributed by atoms with Crippen molar-refractivity contribution in [3.63, 3.8) is 0 Å². The van der Waals surface area contributed by atoms with Gasteiger partial charge in [0.25, 0.3) is 0 Å². The van der Waals surface area contributed by atoms with Crippen LogP contribution in [0.4, 0.5) is 0 Å². The lowest BCUT2D eigenvalue weighted by Crippen LogP contribution is -2.22. The van der Waals surface area contributed by atoms with E-state index >= 15 is 0 Å². The number of hydrogen-bond donors (Lipinski definition) is 1. The number of halogens is 1. The molecule has 120 valence electrons. The van der Waals surface area contributed by atoms with Crippen LogP contribution in [0, 0.1) is 0 Å². The average molecular weight is 377 g/mol. The van der Waals surface area contributed by atoms with E-state index in [9.17, 15) is 9.59 Å². The third-order valence-electron chi connectivity index (χ3n) is 3.71. The fraction of sp³-hybridized carbons (Fsp3) is 0.294. The van der Waals surface area contributed by atoms with Gasteiger partial charge in [-0.3, -0.25) is 10.2 Å². The highest BCUT2D eigenvalue weighted by molar-refractivity contribution is 9.10. The second-order valence-electron chi connectivity index (χ2n) is 5.39. The maximum atomic E-state index is 12.2. The van der Waals surface area contributed by atoms with Gasteiger partial charge in [-0.05, 0) is 38.0 Å². The number of aromatic nitrogens is 1. The Labute approximate surface area is 142 Å². The molecular formula is C17H17BrN2O3. The summed E-state index contributed by atoms with van der Waals surface area (Å²) in [4.78, 5) is 23.9. The van der Waals surface area contributed by atoms with Gasteiger partial charge in [0, 0.05) is 28.1 Å². The maximum Gasteiger partial charge on any atom is 0.356 e. The SMILES string of the molecule is CCOC(=O)c1cc2ccc(Br)cc2n1NC1=CC(=O)CCC1. The first-order valence-electron chi connectivity index (χ1n) is 7.57. The Morgan fingerprint density at radius 1 is 1.35 bits per heavy atom. The van der Waals surface area contributed by atoms with E-state index in [-0.39, 0.29) is 5.78 Å². The van der Waals surface area contributed by atoms with Gasteiger partial charge in [-0.25, -0.2) is 9.47 Å². The number of ketones is 1. The molecule has 0 radical (unpaired) electrons. The van der Waals surface area contributed by atoms with Gasteiger partial charge in [-0.15, -0.1) is 0 Å². The molecule has 3 rings (SSSR count). The standard InChI is InChI=1S/C17H17BrN2O3/c1-2-23-17(22)16-8-11-6-7-12(18)9-15(11)20(16)19-13-4-3-5-14(21)10-13/h6-10,19H,2-5H2,1H3. The van der Waals surface area contributed by atoms with E-state index < -0.39 is 5.97 Å². The number of nitrogens with one attached hydrogen (secondary N) is 1. The van der Waals surface area contributed by atoms with Crippen molar-refractivity contribution < 1.29 is 14.3 Å². The van der Waals surface area contributed by atoms with Gasteiger partial charge < -0.3 is 4.74 Å². The first-order valence-corrected chi connectivity index (χ1v) is 8.36. The fourth-order valence-corrected chi connectivity index (χ4v) is 3.02. The van der Waals surface area contributed by atoms with Crippen molar-refractivity contribution in [3.8, 4) is 0 Å². The van der Waals surface area contributed by atoms with Crippen molar-refractivity contribution >= 4 is 38.6 Å². The molecule has 1 heterocycles. The van der Waals surface area contributed by atoms with Gasteiger partial charge in [0.1, 0.15) is 5.69 Å². The number of esters is 1. The second kappa shape index (κ2) is 6.58.